The molecule has 0 aliphatic rings. The summed E-state index contributed by atoms with van der Waals surface area (Å²) in [6, 6.07) is 16.2. The van der Waals surface area contributed by atoms with Crippen LogP contribution < -0.4 is 10.0 Å². The lowest BCUT2D eigenvalue weighted by atomic mass is 10.1. The van der Waals surface area contributed by atoms with E-state index in [-0.39, 0.29) is 31.8 Å². The highest BCUT2D eigenvalue weighted by atomic mass is 35.5. The van der Waals surface area contributed by atoms with Crippen molar-refractivity contribution < 1.29 is 21.6 Å². The van der Waals surface area contributed by atoms with Gasteiger partial charge in [0.25, 0.3) is 15.9 Å². The molecule has 0 saturated heterocycles. The highest BCUT2D eigenvalue weighted by molar-refractivity contribution is 7.92. The fourth-order valence-electron chi connectivity index (χ4n) is 2.83. The average molecular weight is 493 g/mol. The topological polar surface area (TPSA) is 109 Å². The number of hydrogen-bond donors (Lipinski definition) is 2. The van der Waals surface area contributed by atoms with E-state index in [0.29, 0.717) is 5.69 Å². The van der Waals surface area contributed by atoms with Gasteiger partial charge >= 0.3 is 0 Å². The first-order valence-corrected chi connectivity index (χ1v) is 13.1. The molecule has 0 bridgehead atoms. The second-order valence-electron chi connectivity index (χ2n) is 6.99. The molecule has 0 aliphatic heterocycles. The minimum Gasteiger partial charge on any atom is -0.322 e. The number of amides is 1. The number of rotatable bonds is 7. The molecule has 2 N–H and O–H groups in total. The Morgan fingerprint density at radius 1 is 0.875 bits per heavy atom. The maximum absolute atomic E-state index is 12.9. The van der Waals surface area contributed by atoms with Crippen LogP contribution in [-0.4, -0.2) is 28.5 Å². The number of sulfonamides is 1. The second-order valence-corrected chi connectivity index (χ2v) is 11.4. The quantitative estimate of drug-likeness (QED) is 0.504. The number of carbonyl (C=O) groups excluding carboxylic acids is 1. The lowest BCUT2D eigenvalue weighted by molar-refractivity contribution is 0.102. The molecule has 0 unspecified atom stereocenters. The Morgan fingerprint density at radius 2 is 1.47 bits per heavy atom. The van der Waals surface area contributed by atoms with Gasteiger partial charge in [-0.3, -0.25) is 9.52 Å². The molecule has 0 atom stereocenters. The summed E-state index contributed by atoms with van der Waals surface area (Å²) in [5.74, 6) is -0.647. The summed E-state index contributed by atoms with van der Waals surface area (Å²) in [5.41, 5.74) is 1.32. The van der Waals surface area contributed by atoms with Crippen molar-refractivity contribution in [3.63, 3.8) is 0 Å². The zero-order valence-corrected chi connectivity index (χ0v) is 19.7. The van der Waals surface area contributed by atoms with Gasteiger partial charge in [0.1, 0.15) is 0 Å². The Morgan fingerprint density at radius 3 is 2.06 bits per heavy atom. The Balaban J connectivity index is 1.87. The smallest absolute Gasteiger partial charge is 0.261 e. The van der Waals surface area contributed by atoms with Crippen LogP contribution in [0, 0.1) is 6.92 Å². The van der Waals surface area contributed by atoms with E-state index >= 15 is 0 Å². The normalized spacial score (nSPS) is 11.7. The van der Waals surface area contributed by atoms with Crippen LogP contribution in [0.5, 0.6) is 0 Å². The molecule has 0 spiro atoms. The molecule has 0 heterocycles. The van der Waals surface area contributed by atoms with E-state index in [2.05, 4.69) is 10.0 Å². The SMILES string of the molecule is CCS(=O)(=O)c1ccc(NC(=O)c2cc(Cl)ccc2NS(=O)(=O)c2ccc(C)cc2)cc1. The van der Waals surface area contributed by atoms with Crippen molar-refractivity contribution in [3.8, 4) is 0 Å². The van der Waals surface area contributed by atoms with Crippen molar-refractivity contribution >= 4 is 48.7 Å². The molecule has 0 fully saturated rings. The summed E-state index contributed by atoms with van der Waals surface area (Å²) in [7, 11) is -7.30. The summed E-state index contributed by atoms with van der Waals surface area (Å²) in [6.07, 6.45) is 0. The van der Waals surface area contributed by atoms with E-state index < -0.39 is 25.8 Å². The van der Waals surface area contributed by atoms with Gasteiger partial charge in [0, 0.05) is 10.7 Å². The average Bonchev–Trinajstić information content (AvgIpc) is 2.75. The molecule has 3 aromatic rings. The summed E-state index contributed by atoms with van der Waals surface area (Å²) in [6.45, 7) is 3.39. The van der Waals surface area contributed by atoms with Gasteiger partial charge in [-0.25, -0.2) is 16.8 Å². The van der Waals surface area contributed by atoms with Crippen molar-refractivity contribution in [2.45, 2.75) is 23.6 Å². The number of halogens is 1. The van der Waals surface area contributed by atoms with Crippen LogP contribution in [0.25, 0.3) is 0 Å². The monoisotopic (exact) mass is 492 g/mol. The van der Waals surface area contributed by atoms with Crippen molar-refractivity contribution in [3.05, 3.63) is 82.9 Å². The molecule has 3 rings (SSSR count). The number of benzene rings is 3. The summed E-state index contributed by atoms with van der Waals surface area (Å²) < 4.78 is 51.8. The lowest BCUT2D eigenvalue weighted by Crippen LogP contribution is -2.18. The third-order valence-corrected chi connectivity index (χ3v) is 8.02. The molecular formula is C22H21ClN2O5S2. The third-order valence-electron chi connectivity index (χ3n) is 4.65. The maximum Gasteiger partial charge on any atom is 0.261 e. The summed E-state index contributed by atoms with van der Waals surface area (Å²) >= 11 is 6.03. The van der Waals surface area contributed by atoms with Gasteiger partial charge in [-0.05, 0) is 61.5 Å². The fraction of sp³-hybridized carbons (Fsp3) is 0.136. The highest BCUT2D eigenvalue weighted by Crippen LogP contribution is 2.25. The summed E-state index contributed by atoms with van der Waals surface area (Å²) in [5, 5.41) is 2.88. The van der Waals surface area contributed by atoms with Gasteiger partial charge in [-0.15, -0.1) is 0 Å². The minimum absolute atomic E-state index is 0.0124. The van der Waals surface area contributed by atoms with Crippen LogP contribution in [0.3, 0.4) is 0 Å². The molecular weight excluding hydrogens is 472 g/mol. The first-order valence-electron chi connectivity index (χ1n) is 9.55. The number of hydrogen-bond acceptors (Lipinski definition) is 5. The van der Waals surface area contributed by atoms with E-state index in [1.807, 2.05) is 6.92 Å². The molecule has 0 saturated carbocycles. The van der Waals surface area contributed by atoms with Gasteiger partial charge in [0.2, 0.25) is 0 Å². The molecule has 1 amide bonds. The fourth-order valence-corrected chi connectivity index (χ4v) is 4.96. The highest BCUT2D eigenvalue weighted by Gasteiger charge is 2.20. The first-order chi connectivity index (χ1) is 15.0. The number of carbonyl (C=O) groups is 1. The molecule has 0 aliphatic carbocycles. The van der Waals surface area contributed by atoms with Crippen LogP contribution >= 0.6 is 11.6 Å². The Hall–Kier alpha value is -2.88. The second kappa shape index (κ2) is 9.32. The maximum atomic E-state index is 12.9. The molecule has 10 heteroatoms. The number of anilines is 2. The minimum atomic E-state index is -3.94. The Labute approximate surface area is 192 Å². The van der Waals surface area contributed by atoms with Crippen LogP contribution in [0.4, 0.5) is 11.4 Å². The van der Waals surface area contributed by atoms with E-state index in [4.69, 9.17) is 11.6 Å². The summed E-state index contributed by atoms with van der Waals surface area (Å²) in [4.78, 5) is 13.1. The molecule has 3 aromatic carbocycles. The van der Waals surface area contributed by atoms with Crippen LogP contribution in [-0.2, 0) is 19.9 Å². The zero-order chi connectivity index (χ0) is 23.5. The van der Waals surface area contributed by atoms with Gasteiger partial charge in [-0.1, -0.05) is 36.2 Å². The van der Waals surface area contributed by atoms with E-state index in [1.165, 1.54) is 54.6 Å². The van der Waals surface area contributed by atoms with Gasteiger partial charge in [0.15, 0.2) is 9.84 Å². The van der Waals surface area contributed by atoms with Gasteiger partial charge < -0.3 is 5.32 Å². The van der Waals surface area contributed by atoms with Gasteiger partial charge in [0.05, 0.1) is 26.8 Å². The van der Waals surface area contributed by atoms with Gasteiger partial charge in [-0.2, -0.15) is 0 Å². The van der Waals surface area contributed by atoms with Crippen LogP contribution in [0.1, 0.15) is 22.8 Å². The number of sulfone groups is 1. The molecule has 7 nitrogen and oxygen atoms in total. The first kappa shape index (κ1) is 23.8. The van der Waals surface area contributed by atoms with Crippen LogP contribution in [0.15, 0.2) is 76.5 Å². The number of aryl methyl sites for hydroxylation is 1. The predicted octanol–water partition coefficient (Wildman–Crippen LogP) is 4.50. The predicted molar refractivity (Wildman–Crippen MR) is 126 cm³/mol. The third kappa shape index (κ3) is 5.48. The number of nitrogens with one attached hydrogen (secondary N) is 2. The van der Waals surface area contributed by atoms with E-state index in [9.17, 15) is 21.6 Å². The molecule has 0 aromatic heterocycles. The van der Waals surface area contributed by atoms with E-state index in [0.717, 1.165) is 5.56 Å². The lowest BCUT2D eigenvalue weighted by Gasteiger charge is -2.14. The Kier molecular flexibility index (Phi) is 6.92. The van der Waals surface area contributed by atoms with E-state index in [1.54, 1.807) is 19.1 Å². The molecule has 168 valence electrons. The van der Waals surface area contributed by atoms with Crippen LogP contribution in [0.2, 0.25) is 5.02 Å². The standard InChI is InChI=1S/C22H21ClN2O5S2/c1-3-31(27,28)18-11-7-17(8-12-18)24-22(26)20-14-16(23)6-13-21(20)25-32(29,30)19-9-4-15(2)5-10-19/h4-14,25H,3H2,1-2H3,(H,24,26). The largest absolute Gasteiger partial charge is 0.322 e. The van der Waals surface area contributed by atoms with Crippen molar-refractivity contribution in [2.24, 2.45) is 0 Å². The van der Waals surface area contributed by atoms with Crippen molar-refractivity contribution in [1.82, 2.24) is 0 Å². The zero-order valence-electron chi connectivity index (χ0n) is 17.3. The molecule has 0 radical (unpaired) electrons. The van der Waals surface area contributed by atoms with Crippen molar-refractivity contribution in [1.29, 1.82) is 0 Å². The van der Waals surface area contributed by atoms with Crippen molar-refractivity contribution in [2.75, 3.05) is 15.8 Å². The Bertz CT molecular complexity index is 1350. The molecule has 32 heavy (non-hydrogen) atoms.